The first-order valence-electron chi connectivity index (χ1n) is 8.31. The summed E-state index contributed by atoms with van der Waals surface area (Å²) in [6.07, 6.45) is 0. The van der Waals surface area contributed by atoms with Gasteiger partial charge >= 0.3 is 0 Å². The second-order valence-corrected chi connectivity index (χ2v) is 7.10. The molecule has 0 aliphatic carbocycles. The normalized spacial score (nSPS) is 19.3. The molecule has 1 N–H and O–H groups in total. The summed E-state index contributed by atoms with van der Waals surface area (Å²) >= 11 is 1.40. The van der Waals surface area contributed by atoms with E-state index in [9.17, 15) is 4.79 Å². The first kappa shape index (κ1) is 17.1. The van der Waals surface area contributed by atoms with Gasteiger partial charge in [-0.2, -0.15) is 0 Å². The molecule has 1 fully saturated rings. The Balaban J connectivity index is 1.58. The lowest BCUT2D eigenvalue weighted by molar-refractivity contribution is 0.0844. The van der Waals surface area contributed by atoms with Gasteiger partial charge in [0.25, 0.3) is 5.91 Å². The molecule has 0 saturated carbocycles. The van der Waals surface area contributed by atoms with Crippen LogP contribution in [-0.2, 0) is 0 Å². The van der Waals surface area contributed by atoms with E-state index in [1.54, 1.807) is 5.51 Å². The zero-order valence-electron chi connectivity index (χ0n) is 14.2. The van der Waals surface area contributed by atoms with Gasteiger partial charge in [0.15, 0.2) is 0 Å². The predicted molar refractivity (Wildman–Crippen MR) is 97.4 cm³/mol. The fourth-order valence-electron chi connectivity index (χ4n) is 3.13. The molecule has 2 heterocycles. The van der Waals surface area contributed by atoms with Gasteiger partial charge in [0.2, 0.25) is 0 Å². The van der Waals surface area contributed by atoms with Gasteiger partial charge in [-0.25, -0.2) is 4.98 Å². The van der Waals surface area contributed by atoms with Crippen LogP contribution in [-0.4, -0.2) is 60.5 Å². The number of nitrogens with one attached hydrogen (secondary N) is 1. The van der Waals surface area contributed by atoms with Crippen LogP contribution in [0.3, 0.4) is 0 Å². The number of thiazole rings is 1. The van der Waals surface area contributed by atoms with E-state index in [2.05, 4.69) is 57.5 Å². The Labute approximate surface area is 147 Å². The highest BCUT2D eigenvalue weighted by Gasteiger charge is 2.26. The minimum atomic E-state index is -0.0135. The highest BCUT2D eigenvalue weighted by molar-refractivity contribution is 7.11. The van der Waals surface area contributed by atoms with Gasteiger partial charge in [-0.1, -0.05) is 30.3 Å². The smallest absolute Gasteiger partial charge is 0.263 e. The monoisotopic (exact) mass is 344 g/mol. The number of aryl methyl sites for hydroxylation is 1. The SMILES string of the molecule is Cc1ncsc1C(=O)NCCN1CCN(C)C[C@H]1c1ccccc1. The maximum absolute atomic E-state index is 12.2. The van der Waals surface area contributed by atoms with E-state index in [-0.39, 0.29) is 5.91 Å². The summed E-state index contributed by atoms with van der Waals surface area (Å²) < 4.78 is 0. The third-order valence-electron chi connectivity index (χ3n) is 4.51. The third-order valence-corrected chi connectivity index (χ3v) is 5.44. The highest BCUT2D eigenvalue weighted by atomic mass is 32.1. The van der Waals surface area contributed by atoms with E-state index in [1.807, 2.05) is 6.92 Å². The number of carbonyl (C=O) groups excluding carboxylic acids is 1. The van der Waals surface area contributed by atoms with Crippen LogP contribution >= 0.6 is 11.3 Å². The Kier molecular flexibility index (Phi) is 5.60. The van der Waals surface area contributed by atoms with Crippen molar-refractivity contribution >= 4 is 17.2 Å². The number of rotatable bonds is 5. The zero-order chi connectivity index (χ0) is 16.9. The number of carbonyl (C=O) groups is 1. The van der Waals surface area contributed by atoms with E-state index in [1.165, 1.54) is 16.9 Å². The molecule has 0 bridgehead atoms. The van der Waals surface area contributed by atoms with Crippen molar-refractivity contribution in [2.24, 2.45) is 0 Å². The van der Waals surface area contributed by atoms with Gasteiger partial charge in [0, 0.05) is 38.8 Å². The van der Waals surface area contributed by atoms with Crippen molar-refractivity contribution in [1.29, 1.82) is 0 Å². The van der Waals surface area contributed by atoms with Crippen molar-refractivity contribution < 1.29 is 4.79 Å². The molecule has 1 aromatic carbocycles. The standard InChI is InChI=1S/C18H24N4OS/c1-14-17(24-13-20-14)18(23)19-8-9-22-11-10-21(2)12-16(22)15-6-4-3-5-7-15/h3-7,13,16H,8-12H2,1-2H3,(H,19,23)/t16-/m0/s1. The summed E-state index contributed by atoms with van der Waals surface area (Å²) in [5.41, 5.74) is 3.86. The third kappa shape index (κ3) is 4.01. The molecular weight excluding hydrogens is 320 g/mol. The Hall–Kier alpha value is -1.76. The maximum atomic E-state index is 12.2. The van der Waals surface area contributed by atoms with E-state index < -0.39 is 0 Å². The molecule has 1 atom stereocenters. The minimum absolute atomic E-state index is 0.0135. The van der Waals surface area contributed by atoms with Gasteiger partial charge in [0.05, 0.1) is 11.2 Å². The van der Waals surface area contributed by atoms with Crippen LogP contribution in [0.2, 0.25) is 0 Å². The number of aromatic nitrogens is 1. The largest absolute Gasteiger partial charge is 0.350 e. The summed E-state index contributed by atoms with van der Waals surface area (Å²) in [5, 5.41) is 3.03. The Bertz CT molecular complexity index is 673. The summed E-state index contributed by atoms with van der Waals surface area (Å²) in [6, 6.07) is 11.0. The first-order chi connectivity index (χ1) is 11.6. The van der Waals surface area contributed by atoms with Crippen molar-refractivity contribution in [3.05, 3.63) is 52.0 Å². The molecule has 1 aliphatic heterocycles. The van der Waals surface area contributed by atoms with Crippen molar-refractivity contribution in [2.75, 3.05) is 39.8 Å². The Morgan fingerprint density at radius 1 is 1.33 bits per heavy atom. The molecule has 1 saturated heterocycles. The van der Waals surface area contributed by atoms with Gasteiger partial charge in [-0.05, 0) is 19.5 Å². The zero-order valence-corrected chi connectivity index (χ0v) is 15.1. The van der Waals surface area contributed by atoms with Crippen molar-refractivity contribution in [1.82, 2.24) is 20.1 Å². The second kappa shape index (κ2) is 7.88. The van der Waals surface area contributed by atoms with Crippen molar-refractivity contribution in [2.45, 2.75) is 13.0 Å². The van der Waals surface area contributed by atoms with Crippen LogP contribution in [0, 0.1) is 6.92 Å². The summed E-state index contributed by atoms with van der Waals surface area (Å²) in [7, 11) is 2.17. The molecule has 3 rings (SSSR count). The quantitative estimate of drug-likeness (QED) is 0.903. The van der Waals surface area contributed by atoms with Crippen LogP contribution in [0.1, 0.15) is 27.0 Å². The molecule has 1 aliphatic rings. The number of piperazine rings is 1. The highest BCUT2D eigenvalue weighted by Crippen LogP contribution is 2.24. The summed E-state index contributed by atoms with van der Waals surface area (Å²) in [5.74, 6) is -0.0135. The molecule has 2 aromatic rings. The molecule has 0 spiro atoms. The number of amides is 1. The van der Waals surface area contributed by atoms with Crippen LogP contribution in [0.15, 0.2) is 35.8 Å². The van der Waals surface area contributed by atoms with E-state index >= 15 is 0 Å². The number of hydrogen-bond donors (Lipinski definition) is 1. The number of likely N-dealkylation sites (N-methyl/N-ethyl adjacent to an activating group) is 1. The summed E-state index contributed by atoms with van der Waals surface area (Å²) in [4.78, 5) is 21.9. The average Bonchev–Trinajstić information content (AvgIpc) is 3.03. The molecule has 0 radical (unpaired) electrons. The molecule has 1 aromatic heterocycles. The molecule has 1 amide bonds. The fraction of sp³-hybridized carbons (Fsp3) is 0.444. The molecule has 5 nitrogen and oxygen atoms in total. The van der Waals surface area contributed by atoms with Crippen molar-refractivity contribution in [3.8, 4) is 0 Å². The van der Waals surface area contributed by atoms with Gasteiger partial charge in [-0.15, -0.1) is 11.3 Å². The number of nitrogens with zero attached hydrogens (tertiary/aromatic N) is 3. The van der Waals surface area contributed by atoms with Gasteiger partial charge in [0.1, 0.15) is 4.88 Å². The van der Waals surface area contributed by atoms with Crippen LogP contribution in [0.5, 0.6) is 0 Å². The van der Waals surface area contributed by atoms with Crippen molar-refractivity contribution in [3.63, 3.8) is 0 Å². The van der Waals surface area contributed by atoms with Crippen LogP contribution in [0.25, 0.3) is 0 Å². The van der Waals surface area contributed by atoms with Crippen LogP contribution < -0.4 is 5.32 Å². The number of hydrogen-bond acceptors (Lipinski definition) is 5. The Morgan fingerprint density at radius 2 is 2.12 bits per heavy atom. The Morgan fingerprint density at radius 3 is 2.83 bits per heavy atom. The van der Waals surface area contributed by atoms with E-state index in [0.29, 0.717) is 17.5 Å². The van der Waals surface area contributed by atoms with E-state index in [4.69, 9.17) is 0 Å². The maximum Gasteiger partial charge on any atom is 0.263 e. The minimum Gasteiger partial charge on any atom is -0.350 e. The average molecular weight is 344 g/mol. The lowest BCUT2D eigenvalue weighted by Gasteiger charge is -2.40. The van der Waals surface area contributed by atoms with Gasteiger partial charge < -0.3 is 10.2 Å². The molecule has 128 valence electrons. The first-order valence-corrected chi connectivity index (χ1v) is 9.19. The lowest BCUT2D eigenvalue weighted by atomic mass is 10.0. The molecule has 6 heteroatoms. The summed E-state index contributed by atoms with van der Waals surface area (Å²) in [6.45, 7) is 6.49. The topological polar surface area (TPSA) is 48.5 Å². The lowest BCUT2D eigenvalue weighted by Crippen LogP contribution is -2.48. The van der Waals surface area contributed by atoms with E-state index in [0.717, 1.165) is 31.9 Å². The molecule has 24 heavy (non-hydrogen) atoms. The molecule has 0 unspecified atom stereocenters. The molecular formula is C18H24N4OS. The predicted octanol–water partition coefficient (Wildman–Crippen LogP) is 2.17. The number of benzene rings is 1. The second-order valence-electron chi connectivity index (χ2n) is 6.25. The van der Waals surface area contributed by atoms with Crippen LogP contribution in [0.4, 0.5) is 0 Å². The van der Waals surface area contributed by atoms with Gasteiger partial charge in [-0.3, -0.25) is 9.69 Å². The fourth-order valence-corrected chi connectivity index (χ4v) is 3.85.